The minimum absolute atomic E-state index is 0.198. The van der Waals surface area contributed by atoms with E-state index in [0.717, 1.165) is 5.92 Å². The molecule has 0 spiro atoms. The average molecular weight is 278 g/mol. The van der Waals surface area contributed by atoms with Crippen molar-refractivity contribution >= 4 is 5.91 Å². The molecule has 1 amide bonds. The first kappa shape index (κ1) is 14.4. The van der Waals surface area contributed by atoms with Gasteiger partial charge in [0, 0.05) is 12.1 Å². The molecule has 3 heteroatoms. The largest absolute Gasteiger partial charge is 0.351 e. The van der Waals surface area contributed by atoms with E-state index in [1.165, 1.54) is 44.9 Å². The molecule has 0 aromatic carbocycles. The summed E-state index contributed by atoms with van der Waals surface area (Å²) in [5.74, 6) is 0.990. The van der Waals surface area contributed by atoms with Crippen molar-refractivity contribution in [2.45, 2.75) is 77.8 Å². The van der Waals surface area contributed by atoms with E-state index in [9.17, 15) is 4.79 Å². The summed E-state index contributed by atoms with van der Waals surface area (Å²) in [5.41, 5.74) is 0.590. The van der Waals surface area contributed by atoms with Crippen LogP contribution >= 0.6 is 0 Å². The zero-order chi connectivity index (χ0) is 14.4. The Morgan fingerprint density at radius 3 is 2.45 bits per heavy atom. The SMILES string of the molecule is CC12CCC(C1)C(C)(C)C2NC(=O)CNC1CCCC1. The summed E-state index contributed by atoms with van der Waals surface area (Å²) in [5, 5.41) is 6.79. The lowest BCUT2D eigenvalue weighted by Gasteiger charge is -2.43. The van der Waals surface area contributed by atoms with Gasteiger partial charge in [-0.15, -0.1) is 0 Å². The summed E-state index contributed by atoms with van der Waals surface area (Å²) in [6.45, 7) is 7.56. The van der Waals surface area contributed by atoms with Crippen LogP contribution < -0.4 is 10.6 Å². The van der Waals surface area contributed by atoms with Crippen molar-refractivity contribution < 1.29 is 4.79 Å². The standard InChI is InChI=1S/C17H30N2O/c1-16(2)12-8-9-17(3,10-12)15(16)19-14(20)11-18-13-6-4-5-7-13/h12-13,15,18H,4-11H2,1-3H3,(H,19,20). The Balaban J connectivity index is 1.55. The van der Waals surface area contributed by atoms with Gasteiger partial charge in [-0.05, 0) is 48.9 Å². The predicted molar refractivity (Wildman–Crippen MR) is 81.4 cm³/mol. The molecule has 20 heavy (non-hydrogen) atoms. The highest BCUT2D eigenvalue weighted by atomic mass is 16.2. The van der Waals surface area contributed by atoms with Crippen LogP contribution in [0, 0.1) is 16.7 Å². The van der Waals surface area contributed by atoms with Gasteiger partial charge in [-0.25, -0.2) is 0 Å². The zero-order valence-corrected chi connectivity index (χ0v) is 13.3. The highest BCUT2D eigenvalue weighted by Crippen LogP contribution is 2.62. The normalized spacial score (nSPS) is 39.4. The van der Waals surface area contributed by atoms with Crippen LogP contribution in [0.5, 0.6) is 0 Å². The topological polar surface area (TPSA) is 41.1 Å². The van der Waals surface area contributed by atoms with E-state index in [4.69, 9.17) is 0 Å². The third kappa shape index (κ3) is 2.38. The molecule has 3 aliphatic rings. The monoisotopic (exact) mass is 278 g/mol. The van der Waals surface area contributed by atoms with E-state index in [0.29, 0.717) is 24.0 Å². The second-order valence-corrected chi connectivity index (χ2v) is 8.28. The molecular weight excluding hydrogens is 248 g/mol. The first-order valence-electron chi connectivity index (χ1n) is 8.44. The van der Waals surface area contributed by atoms with Crippen molar-refractivity contribution in [3.05, 3.63) is 0 Å². The van der Waals surface area contributed by atoms with Gasteiger partial charge in [0.05, 0.1) is 6.54 Å². The van der Waals surface area contributed by atoms with Gasteiger partial charge in [-0.3, -0.25) is 4.79 Å². The Labute approximate surface area is 123 Å². The van der Waals surface area contributed by atoms with Gasteiger partial charge in [0.1, 0.15) is 0 Å². The predicted octanol–water partition coefficient (Wildman–Crippen LogP) is 2.85. The molecule has 0 radical (unpaired) electrons. The fourth-order valence-corrected chi connectivity index (χ4v) is 5.24. The molecule has 3 rings (SSSR count). The summed E-state index contributed by atoms with van der Waals surface area (Å²) in [6, 6.07) is 0.927. The van der Waals surface area contributed by atoms with Crippen LogP contribution in [0.3, 0.4) is 0 Å². The summed E-state index contributed by atoms with van der Waals surface area (Å²) in [6.07, 6.45) is 9.02. The lowest BCUT2D eigenvalue weighted by atomic mass is 9.68. The Kier molecular flexibility index (Phi) is 3.60. The van der Waals surface area contributed by atoms with Gasteiger partial charge in [-0.2, -0.15) is 0 Å². The fourth-order valence-electron chi connectivity index (χ4n) is 5.24. The van der Waals surface area contributed by atoms with Crippen molar-refractivity contribution in [2.24, 2.45) is 16.7 Å². The highest BCUT2D eigenvalue weighted by Gasteiger charge is 2.59. The second-order valence-electron chi connectivity index (χ2n) is 8.28. The summed E-state index contributed by atoms with van der Waals surface area (Å²) < 4.78 is 0. The van der Waals surface area contributed by atoms with Gasteiger partial charge < -0.3 is 10.6 Å². The van der Waals surface area contributed by atoms with E-state index in [2.05, 4.69) is 31.4 Å². The molecule has 3 aliphatic carbocycles. The van der Waals surface area contributed by atoms with Crippen molar-refractivity contribution in [3.63, 3.8) is 0 Å². The molecule has 0 aliphatic heterocycles. The van der Waals surface area contributed by atoms with Crippen molar-refractivity contribution in [2.75, 3.05) is 6.54 Å². The third-order valence-electron chi connectivity index (χ3n) is 6.48. The number of hydrogen-bond acceptors (Lipinski definition) is 2. The summed E-state index contributed by atoms with van der Waals surface area (Å²) in [4.78, 5) is 12.3. The number of carbonyl (C=O) groups is 1. The van der Waals surface area contributed by atoms with Crippen molar-refractivity contribution in [3.8, 4) is 0 Å². The van der Waals surface area contributed by atoms with E-state index in [1.807, 2.05) is 0 Å². The van der Waals surface area contributed by atoms with Crippen LogP contribution in [0.15, 0.2) is 0 Å². The third-order valence-corrected chi connectivity index (χ3v) is 6.48. The molecule has 0 saturated heterocycles. The maximum absolute atomic E-state index is 12.3. The van der Waals surface area contributed by atoms with Crippen molar-refractivity contribution in [1.29, 1.82) is 0 Å². The van der Waals surface area contributed by atoms with Gasteiger partial charge in [0.15, 0.2) is 0 Å². The molecule has 0 aromatic heterocycles. The van der Waals surface area contributed by atoms with E-state index in [-0.39, 0.29) is 11.3 Å². The zero-order valence-electron chi connectivity index (χ0n) is 13.3. The van der Waals surface area contributed by atoms with Crippen LogP contribution in [0.4, 0.5) is 0 Å². The second kappa shape index (κ2) is 5.01. The lowest BCUT2D eigenvalue weighted by molar-refractivity contribution is -0.123. The maximum Gasteiger partial charge on any atom is 0.234 e. The van der Waals surface area contributed by atoms with Crippen LogP contribution in [-0.4, -0.2) is 24.5 Å². The molecule has 3 unspecified atom stereocenters. The molecule has 3 fully saturated rings. The Morgan fingerprint density at radius 2 is 1.85 bits per heavy atom. The number of amides is 1. The van der Waals surface area contributed by atoms with Gasteiger partial charge in [0.25, 0.3) is 0 Å². The van der Waals surface area contributed by atoms with Gasteiger partial charge in [-0.1, -0.05) is 33.6 Å². The molecular formula is C17H30N2O. The maximum atomic E-state index is 12.3. The van der Waals surface area contributed by atoms with Gasteiger partial charge in [0.2, 0.25) is 5.91 Å². The number of nitrogens with one attached hydrogen (secondary N) is 2. The molecule has 2 bridgehead atoms. The number of carbonyl (C=O) groups excluding carboxylic acids is 1. The first-order valence-corrected chi connectivity index (χ1v) is 8.44. The minimum Gasteiger partial charge on any atom is -0.351 e. The van der Waals surface area contributed by atoms with E-state index < -0.39 is 0 Å². The molecule has 0 heterocycles. The average Bonchev–Trinajstić information content (AvgIpc) is 3.05. The summed E-state index contributed by atoms with van der Waals surface area (Å²) in [7, 11) is 0. The lowest BCUT2D eigenvalue weighted by Crippen LogP contribution is -2.54. The molecule has 114 valence electrons. The van der Waals surface area contributed by atoms with Gasteiger partial charge >= 0.3 is 0 Å². The van der Waals surface area contributed by atoms with Crippen LogP contribution in [0.2, 0.25) is 0 Å². The van der Waals surface area contributed by atoms with E-state index in [1.54, 1.807) is 0 Å². The molecule has 3 atom stereocenters. The smallest absolute Gasteiger partial charge is 0.234 e. The molecule has 2 N–H and O–H groups in total. The number of fused-ring (bicyclic) bond motifs is 2. The fraction of sp³-hybridized carbons (Fsp3) is 0.941. The highest BCUT2D eigenvalue weighted by molar-refractivity contribution is 5.78. The number of hydrogen-bond donors (Lipinski definition) is 2. The minimum atomic E-state index is 0.198. The Hall–Kier alpha value is -0.570. The first-order chi connectivity index (χ1) is 9.42. The van der Waals surface area contributed by atoms with E-state index >= 15 is 0 Å². The van der Waals surface area contributed by atoms with Crippen molar-refractivity contribution in [1.82, 2.24) is 10.6 Å². The number of rotatable bonds is 4. The Morgan fingerprint density at radius 1 is 1.15 bits per heavy atom. The van der Waals surface area contributed by atoms with Crippen LogP contribution in [0.1, 0.15) is 65.7 Å². The quantitative estimate of drug-likeness (QED) is 0.830. The molecule has 3 nitrogen and oxygen atoms in total. The van der Waals surface area contributed by atoms with Crippen LogP contribution in [-0.2, 0) is 4.79 Å². The molecule has 3 saturated carbocycles. The Bertz CT molecular complexity index is 382. The molecule has 0 aromatic rings. The summed E-state index contributed by atoms with van der Waals surface area (Å²) >= 11 is 0. The van der Waals surface area contributed by atoms with Crippen LogP contribution in [0.25, 0.3) is 0 Å².